The van der Waals surface area contributed by atoms with Crippen LogP contribution in [0.25, 0.3) is 0 Å². The minimum atomic E-state index is -0.127. The van der Waals surface area contributed by atoms with Crippen LogP contribution in [0.4, 0.5) is 0 Å². The van der Waals surface area contributed by atoms with Gasteiger partial charge >= 0.3 is 0 Å². The molecule has 0 heterocycles. The summed E-state index contributed by atoms with van der Waals surface area (Å²) in [4.78, 5) is 0. The fourth-order valence-electron chi connectivity index (χ4n) is 4.55. The van der Waals surface area contributed by atoms with Gasteiger partial charge in [-0.1, -0.05) is 150 Å². The minimum Gasteiger partial charge on any atom is -0.393 e. The summed E-state index contributed by atoms with van der Waals surface area (Å²) in [5.41, 5.74) is 0. The van der Waals surface area contributed by atoms with E-state index >= 15 is 0 Å². The van der Waals surface area contributed by atoms with Crippen LogP contribution < -0.4 is 0 Å². The Kier molecular flexibility index (Phi) is 35.0. The summed E-state index contributed by atoms with van der Waals surface area (Å²) in [5, 5.41) is 10.2. The van der Waals surface area contributed by atoms with E-state index in [1.807, 2.05) is 0 Å². The van der Waals surface area contributed by atoms with E-state index in [4.69, 9.17) is 0 Å². The Hall–Kier alpha value is -2.12. The van der Waals surface area contributed by atoms with Gasteiger partial charge in [-0.2, -0.15) is 0 Å². The van der Waals surface area contributed by atoms with Crippen molar-refractivity contribution in [2.75, 3.05) is 0 Å². The van der Waals surface area contributed by atoms with Gasteiger partial charge in [0.15, 0.2) is 0 Å². The normalized spacial score (nSPS) is 13.9. The molecule has 1 N–H and O–H groups in total. The maximum absolute atomic E-state index is 10.2. The molecule has 0 aliphatic carbocycles. The van der Waals surface area contributed by atoms with Crippen LogP contribution in [-0.4, -0.2) is 11.2 Å². The molecule has 0 saturated heterocycles. The van der Waals surface area contributed by atoms with E-state index in [1.165, 1.54) is 64.2 Å². The zero-order chi connectivity index (χ0) is 30.4. The summed E-state index contributed by atoms with van der Waals surface area (Å²) in [6.07, 6.45) is 61.6. The number of rotatable bonds is 30. The van der Waals surface area contributed by atoms with Gasteiger partial charge in [0.1, 0.15) is 0 Å². The van der Waals surface area contributed by atoms with Crippen molar-refractivity contribution in [2.24, 2.45) is 0 Å². The molecule has 0 aliphatic rings. The van der Waals surface area contributed by atoms with Crippen LogP contribution in [0.5, 0.6) is 0 Å². The Morgan fingerprint density at radius 3 is 0.833 bits per heavy atom. The van der Waals surface area contributed by atoms with Crippen molar-refractivity contribution in [3.05, 3.63) is 97.2 Å². The zero-order valence-corrected chi connectivity index (χ0v) is 27.8. The average molecular weight is 577 g/mol. The molecule has 0 aliphatic heterocycles. The largest absolute Gasteiger partial charge is 0.393 e. The maximum Gasteiger partial charge on any atom is 0.0540 e. The van der Waals surface area contributed by atoms with Gasteiger partial charge in [0, 0.05) is 0 Å². The molecule has 1 nitrogen and oxygen atoms in total. The molecule has 1 heteroatoms. The molecule has 0 fully saturated rings. The molecule has 42 heavy (non-hydrogen) atoms. The van der Waals surface area contributed by atoms with E-state index in [1.54, 1.807) is 0 Å². The SMILES string of the molecule is CCCCCC=CCC=CCC=CCC=CCCCCC(O)CCCCC=CCC=CCC=CCC=CCCCCC. The molecule has 0 saturated carbocycles. The Morgan fingerprint density at radius 2 is 0.571 bits per heavy atom. The number of allylic oxidation sites excluding steroid dienone is 16. The smallest absolute Gasteiger partial charge is 0.0540 e. The number of unbranched alkanes of at least 4 members (excludes halogenated alkanes) is 10. The lowest BCUT2D eigenvalue weighted by molar-refractivity contribution is 0.148. The Balaban J connectivity index is 3.50. The topological polar surface area (TPSA) is 20.2 Å². The number of aliphatic hydroxyl groups excluding tert-OH is 1. The van der Waals surface area contributed by atoms with Gasteiger partial charge in [0.05, 0.1) is 6.10 Å². The van der Waals surface area contributed by atoms with Crippen molar-refractivity contribution in [3.8, 4) is 0 Å². The molecule has 0 atom stereocenters. The van der Waals surface area contributed by atoms with Gasteiger partial charge in [-0.15, -0.1) is 0 Å². The van der Waals surface area contributed by atoms with Gasteiger partial charge < -0.3 is 5.11 Å². The monoisotopic (exact) mass is 577 g/mol. The van der Waals surface area contributed by atoms with Crippen LogP contribution >= 0.6 is 0 Å². The van der Waals surface area contributed by atoms with Gasteiger partial charge in [0.2, 0.25) is 0 Å². The lowest BCUT2D eigenvalue weighted by Crippen LogP contribution is -2.05. The predicted octanol–water partition coefficient (Wildman–Crippen LogP) is 13.4. The first-order valence-corrected chi connectivity index (χ1v) is 17.7. The first-order chi connectivity index (χ1) is 20.8. The van der Waals surface area contributed by atoms with Crippen LogP contribution in [0.1, 0.15) is 155 Å². The van der Waals surface area contributed by atoms with Crippen molar-refractivity contribution in [3.63, 3.8) is 0 Å². The molecule has 0 unspecified atom stereocenters. The Bertz CT molecular complexity index is 694. The van der Waals surface area contributed by atoms with E-state index in [0.29, 0.717) is 0 Å². The average Bonchev–Trinajstić information content (AvgIpc) is 3.00. The zero-order valence-electron chi connectivity index (χ0n) is 27.8. The fraction of sp³-hybridized carbons (Fsp3) is 0.610. The summed E-state index contributed by atoms with van der Waals surface area (Å²) < 4.78 is 0. The summed E-state index contributed by atoms with van der Waals surface area (Å²) >= 11 is 0. The van der Waals surface area contributed by atoms with Crippen LogP contribution in [0.3, 0.4) is 0 Å². The molecule has 0 amide bonds. The van der Waals surface area contributed by atoms with Crippen LogP contribution in [-0.2, 0) is 0 Å². The van der Waals surface area contributed by atoms with Crippen molar-refractivity contribution < 1.29 is 5.11 Å². The number of aliphatic hydroxyl groups is 1. The predicted molar refractivity (Wildman–Crippen MR) is 192 cm³/mol. The molecule has 0 aromatic carbocycles. The highest BCUT2D eigenvalue weighted by molar-refractivity contribution is 5.00. The van der Waals surface area contributed by atoms with Crippen molar-refractivity contribution in [1.29, 1.82) is 0 Å². The quantitative estimate of drug-likeness (QED) is 0.0666. The molecule has 0 radical (unpaired) electrons. The van der Waals surface area contributed by atoms with Gasteiger partial charge in [-0.3, -0.25) is 0 Å². The van der Waals surface area contributed by atoms with Crippen LogP contribution in [0.15, 0.2) is 97.2 Å². The van der Waals surface area contributed by atoms with Crippen LogP contribution in [0.2, 0.25) is 0 Å². The maximum atomic E-state index is 10.2. The number of hydrogen-bond donors (Lipinski definition) is 1. The van der Waals surface area contributed by atoms with Crippen LogP contribution in [0, 0.1) is 0 Å². The number of hydrogen-bond acceptors (Lipinski definition) is 1. The van der Waals surface area contributed by atoms with Gasteiger partial charge in [-0.05, 0) is 103 Å². The second kappa shape index (κ2) is 36.9. The third-order valence-corrected chi connectivity index (χ3v) is 7.23. The second-order valence-electron chi connectivity index (χ2n) is 11.4. The summed E-state index contributed by atoms with van der Waals surface area (Å²) in [6.45, 7) is 4.50. The van der Waals surface area contributed by atoms with E-state index in [9.17, 15) is 5.11 Å². The molecular formula is C41H68O. The summed E-state index contributed by atoms with van der Waals surface area (Å²) in [5.74, 6) is 0. The highest BCUT2D eigenvalue weighted by Crippen LogP contribution is 2.12. The third kappa shape index (κ3) is 35.9. The van der Waals surface area contributed by atoms with E-state index in [2.05, 4.69) is 111 Å². The second-order valence-corrected chi connectivity index (χ2v) is 11.4. The van der Waals surface area contributed by atoms with Crippen molar-refractivity contribution >= 4 is 0 Å². The van der Waals surface area contributed by atoms with Crippen molar-refractivity contribution in [1.82, 2.24) is 0 Å². The van der Waals surface area contributed by atoms with Gasteiger partial charge in [-0.25, -0.2) is 0 Å². The fourth-order valence-corrected chi connectivity index (χ4v) is 4.55. The molecule has 0 aromatic rings. The summed E-state index contributed by atoms with van der Waals surface area (Å²) in [6, 6.07) is 0. The lowest BCUT2D eigenvalue weighted by Gasteiger charge is -2.09. The molecule has 0 rings (SSSR count). The summed E-state index contributed by atoms with van der Waals surface area (Å²) in [7, 11) is 0. The van der Waals surface area contributed by atoms with Gasteiger partial charge in [0.25, 0.3) is 0 Å². The van der Waals surface area contributed by atoms with E-state index in [-0.39, 0.29) is 6.10 Å². The first kappa shape index (κ1) is 39.9. The first-order valence-electron chi connectivity index (χ1n) is 17.7. The molecule has 0 spiro atoms. The molecule has 0 aromatic heterocycles. The Morgan fingerprint density at radius 1 is 0.333 bits per heavy atom. The molecule has 0 bridgehead atoms. The highest BCUT2D eigenvalue weighted by atomic mass is 16.3. The molecular weight excluding hydrogens is 508 g/mol. The van der Waals surface area contributed by atoms with Crippen molar-refractivity contribution in [2.45, 2.75) is 161 Å². The Labute approximate surface area is 263 Å². The van der Waals surface area contributed by atoms with E-state index < -0.39 is 0 Å². The highest BCUT2D eigenvalue weighted by Gasteiger charge is 2.02. The third-order valence-electron chi connectivity index (χ3n) is 7.23. The minimum absolute atomic E-state index is 0.127. The molecule has 238 valence electrons. The lowest BCUT2D eigenvalue weighted by atomic mass is 10.0. The van der Waals surface area contributed by atoms with E-state index in [0.717, 1.165) is 77.0 Å². The standard InChI is InChI=1S/C41H68O/c1-3-5-7-9-11-13-15-17-19-21-23-25-27-29-31-33-35-37-39-41(42)40-38-36-34-32-30-28-26-24-22-20-18-16-14-12-10-8-6-4-2/h11-14,17-20,23-26,29-32,41-42H,3-10,15-16,21-22,27-28,33-40H2,1-2H3.